The number of aryl methyl sites for hydroxylation is 1. The Kier molecular flexibility index (Phi) is 6.95. The fraction of sp³-hybridized carbons (Fsp3) is 0.200. The van der Waals surface area contributed by atoms with Crippen LogP contribution in [0.1, 0.15) is 17.2 Å². The van der Waals surface area contributed by atoms with Gasteiger partial charge in [-0.1, -0.05) is 35.6 Å². The van der Waals surface area contributed by atoms with Crippen molar-refractivity contribution in [3.63, 3.8) is 0 Å². The topological polar surface area (TPSA) is 107 Å². The molecule has 0 saturated heterocycles. The molecule has 4 aromatic rings. The smallest absolute Gasteiger partial charge is 0.253 e. The van der Waals surface area contributed by atoms with Crippen LogP contribution in [-0.2, 0) is 14.6 Å². The average molecular weight is 512 g/mol. The van der Waals surface area contributed by atoms with Crippen molar-refractivity contribution in [3.05, 3.63) is 71.8 Å². The van der Waals surface area contributed by atoms with Gasteiger partial charge in [0.25, 0.3) is 5.91 Å². The van der Waals surface area contributed by atoms with Crippen molar-refractivity contribution in [2.45, 2.75) is 17.9 Å². The zero-order valence-electron chi connectivity index (χ0n) is 19.7. The number of carbonyl (C=O) groups excluding carboxylic acids is 1. The molecule has 0 bridgehead atoms. The number of amides is 1. The molecule has 1 amide bonds. The summed E-state index contributed by atoms with van der Waals surface area (Å²) in [6.07, 6.45) is 1.15. The summed E-state index contributed by atoms with van der Waals surface area (Å²) >= 11 is 1.32. The number of thiazole rings is 1. The summed E-state index contributed by atoms with van der Waals surface area (Å²) in [4.78, 5) is 18.1. The van der Waals surface area contributed by atoms with Crippen LogP contribution < -0.4 is 20.1 Å². The first-order valence-electron chi connectivity index (χ1n) is 10.6. The summed E-state index contributed by atoms with van der Waals surface area (Å²) in [6, 6.07) is 16.7. The Hall–Kier alpha value is -3.63. The van der Waals surface area contributed by atoms with Crippen molar-refractivity contribution in [1.29, 1.82) is 0 Å². The molecule has 35 heavy (non-hydrogen) atoms. The van der Waals surface area contributed by atoms with E-state index >= 15 is 0 Å². The number of anilines is 2. The second-order valence-corrected chi connectivity index (χ2v) is 11.0. The number of carbonyl (C=O) groups is 1. The van der Waals surface area contributed by atoms with Gasteiger partial charge >= 0.3 is 0 Å². The van der Waals surface area contributed by atoms with Crippen LogP contribution >= 0.6 is 11.3 Å². The number of ether oxygens (including phenoxy) is 2. The third kappa shape index (κ3) is 5.55. The highest BCUT2D eigenvalue weighted by atomic mass is 32.2. The molecule has 2 N–H and O–H groups in total. The van der Waals surface area contributed by atoms with Crippen LogP contribution in [-0.4, -0.2) is 39.8 Å². The number of benzene rings is 3. The maximum Gasteiger partial charge on any atom is 0.253 e. The van der Waals surface area contributed by atoms with Crippen molar-refractivity contribution in [3.8, 4) is 11.5 Å². The van der Waals surface area contributed by atoms with Crippen LogP contribution in [0, 0.1) is 6.92 Å². The van der Waals surface area contributed by atoms with E-state index in [1.165, 1.54) is 23.5 Å². The Morgan fingerprint density at radius 3 is 2.31 bits per heavy atom. The maximum absolute atomic E-state index is 13.4. The Bertz CT molecular complexity index is 1440. The molecule has 0 saturated carbocycles. The number of hydrogen-bond acceptors (Lipinski definition) is 8. The SMILES string of the molecule is COc1cc2nc(NC(=O)C(Nc3cccc(C)c3)c3ccc(S(C)(=O)=O)cc3)sc2cc1OC. The maximum atomic E-state index is 13.4. The number of methoxy groups -OCH3 is 2. The summed E-state index contributed by atoms with van der Waals surface area (Å²) in [5.41, 5.74) is 3.08. The molecule has 0 aliphatic heterocycles. The highest BCUT2D eigenvalue weighted by Gasteiger charge is 2.23. The van der Waals surface area contributed by atoms with Gasteiger partial charge in [-0.15, -0.1) is 0 Å². The molecule has 0 aliphatic rings. The zero-order chi connectivity index (χ0) is 25.2. The van der Waals surface area contributed by atoms with Gasteiger partial charge in [0, 0.05) is 24.1 Å². The lowest BCUT2D eigenvalue weighted by atomic mass is 10.1. The molecule has 8 nitrogen and oxygen atoms in total. The van der Waals surface area contributed by atoms with E-state index in [-0.39, 0.29) is 10.8 Å². The lowest BCUT2D eigenvalue weighted by Gasteiger charge is -2.20. The van der Waals surface area contributed by atoms with E-state index in [1.54, 1.807) is 32.4 Å². The lowest BCUT2D eigenvalue weighted by Crippen LogP contribution is -2.27. The van der Waals surface area contributed by atoms with Crippen molar-refractivity contribution in [1.82, 2.24) is 4.98 Å². The van der Waals surface area contributed by atoms with Crippen LogP contribution in [0.25, 0.3) is 10.2 Å². The van der Waals surface area contributed by atoms with Gasteiger partial charge in [0.1, 0.15) is 6.04 Å². The van der Waals surface area contributed by atoms with E-state index in [0.29, 0.717) is 27.7 Å². The number of nitrogens with one attached hydrogen (secondary N) is 2. The molecule has 10 heteroatoms. The third-order valence-corrected chi connectivity index (χ3v) is 7.42. The molecule has 4 rings (SSSR count). The fourth-order valence-electron chi connectivity index (χ4n) is 3.60. The zero-order valence-corrected chi connectivity index (χ0v) is 21.3. The number of hydrogen-bond donors (Lipinski definition) is 2. The molecule has 0 spiro atoms. The molecule has 1 aromatic heterocycles. The summed E-state index contributed by atoms with van der Waals surface area (Å²) in [7, 11) is -0.244. The fourth-order valence-corrected chi connectivity index (χ4v) is 5.10. The average Bonchev–Trinajstić information content (AvgIpc) is 3.22. The highest BCUT2D eigenvalue weighted by molar-refractivity contribution is 7.90. The van der Waals surface area contributed by atoms with Crippen LogP contribution in [0.15, 0.2) is 65.6 Å². The van der Waals surface area contributed by atoms with Gasteiger partial charge in [-0.25, -0.2) is 13.4 Å². The summed E-state index contributed by atoms with van der Waals surface area (Å²) < 4.78 is 35.3. The minimum absolute atomic E-state index is 0.185. The summed E-state index contributed by atoms with van der Waals surface area (Å²) in [5.74, 6) is 0.788. The Balaban J connectivity index is 1.66. The number of rotatable bonds is 8. The Morgan fingerprint density at radius 2 is 1.69 bits per heavy atom. The molecular weight excluding hydrogens is 486 g/mol. The monoisotopic (exact) mass is 511 g/mol. The van der Waals surface area contributed by atoms with E-state index in [0.717, 1.165) is 22.2 Å². The van der Waals surface area contributed by atoms with E-state index in [4.69, 9.17) is 9.47 Å². The Labute approximate surface area is 207 Å². The number of aromatic nitrogens is 1. The second kappa shape index (κ2) is 9.93. The highest BCUT2D eigenvalue weighted by Crippen LogP contribution is 2.36. The van der Waals surface area contributed by atoms with Gasteiger partial charge in [0.2, 0.25) is 0 Å². The van der Waals surface area contributed by atoms with Gasteiger partial charge in [-0.2, -0.15) is 0 Å². The first-order valence-corrected chi connectivity index (χ1v) is 13.4. The lowest BCUT2D eigenvalue weighted by molar-refractivity contribution is -0.117. The predicted octanol–water partition coefficient (Wildman–Crippen LogP) is 4.82. The van der Waals surface area contributed by atoms with Crippen molar-refractivity contribution < 1.29 is 22.7 Å². The molecule has 1 heterocycles. The largest absolute Gasteiger partial charge is 0.493 e. The quantitative estimate of drug-likeness (QED) is 0.349. The van der Waals surface area contributed by atoms with Gasteiger partial charge < -0.3 is 14.8 Å². The van der Waals surface area contributed by atoms with E-state index in [2.05, 4.69) is 15.6 Å². The van der Waals surface area contributed by atoms with Crippen molar-refractivity contribution in [2.24, 2.45) is 0 Å². The Morgan fingerprint density at radius 1 is 1.00 bits per heavy atom. The van der Waals surface area contributed by atoms with Crippen molar-refractivity contribution in [2.75, 3.05) is 31.1 Å². The number of nitrogens with zero attached hydrogens (tertiary/aromatic N) is 1. The van der Waals surface area contributed by atoms with E-state index < -0.39 is 15.9 Å². The van der Waals surface area contributed by atoms with Crippen LogP contribution in [0.2, 0.25) is 0 Å². The second-order valence-electron chi connectivity index (χ2n) is 7.97. The van der Waals surface area contributed by atoms with Crippen LogP contribution in [0.3, 0.4) is 0 Å². The van der Waals surface area contributed by atoms with E-state index in [1.807, 2.05) is 37.3 Å². The van der Waals surface area contributed by atoms with Crippen molar-refractivity contribution >= 4 is 48.1 Å². The summed E-state index contributed by atoms with van der Waals surface area (Å²) in [6.45, 7) is 1.96. The third-order valence-electron chi connectivity index (χ3n) is 5.36. The van der Waals surface area contributed by atoms with Gasteiger partial charge in [0.05, 0.1) is 29.3 Å². The molecule has 0 radical (unpaired) electrons. The molecular formula is C25H25N3O5S2. The number of fused-ring (bicyclic) bond motifs is 1. The van der Waals surface area contributed by atoms with Crippen LogP contribution in [0.4, 0.5) is 10.8 Å². The van der Waals surface area contributed by atoms with Gasteiger partial charge in [0.15, 0.2) is 26.5 Å². The van der Waals surface area contributed by atoms with Gasteiger partial charge in [-0.3, -0.25) is 10.1 Å². The minimum atomic E-state index is -3.35. The summed E-state index contributed by atoms with van der Waals surface area (Å²) in [5, 5.41) is 6.57. The molecule has 0 aliphatic carbocycles. The predicted molar refractivity (Wildman–Crippen MR) is 138 cm³/mol. The first-order chi connectivity index (χ1) is 16.7. The standard InChI is InChI=1S/C25H25N3O5S2/c1-15-6-5-7-17(12-15)26-23(16-8-10-18(11-9-16)35(4,30)31)24(29)28-25-27-19-13-20(32-2)21(33-3)14-22(19)34-25/h5-14,23,26H,1-4H3,(H,27,28,29). The molecule has 1 atom stereocenters. The van der Waals surface area contributed by atoms with E-state index in [9.17, 15) is 13.2 Å². The molecule has 3 aromatic carbocycles. The van der Waals surface area contributed by atoms with Crippen LogP contribution in [0.5, 0.6) is 11.5 Å². The van der Waals surface area contributed by atoms with Gasteiger partial charge in [-0.05, 0) is 42.3 Å². The molecule has 182 valence electrons. The number of sulfone groups is 1. The normalized spacial score (nSPS) is 12.2. The molecule has 0 fully saturated rings. The minimum Gasteiger partial charge on any atom is -0.493 e. The first kappa shape index (κ1) is 24.5. The molecule has 1 unspecified atom stereocenters.